The molecule has 0 fully saturated rings. The molecule has 5 heteroatoms. The number of hydrogen-bond acceptors (Lipinski definition) is 3. The third-order valence-corrected chi connectivity index (χ3v) is 3.00. The predicted molar refractivity (Wildman–Crippen MR) is 69.4 cm³/mol. The molecule has 19 heavy (non-hydrogen) atoms. The van der Waals surface area contributed by atoms with E-state index in [0.29, 0.717) is 23.5 Å². The van der Waals surface area contributed by atoms with Crippen LogP contribution in [0.5, 0.6) is 11.5 Å². The normalized spacial score (nSPS) is 12.0. The zero-order valence-electron chi connectivity index (χ0n) is 11.4. The van der Waals surface area contributed by atoms with Crippen molar-refractivity contribution >= 4 is 5.97 Å². The minimum absolute atomic E-state index is 0.0970. The van der Waals surface area contributed by atoms with E-state index in [0.717, 1.165) is 6.42 Å². The second kappa shape index (κ2) is 6.97. The van der Waals surface area contributed by atoms with Crippen LogP contribution in [0.4, 0.5) is 4.39 Å². The zero-order chi connectivity index (χ0) is 14.4. The fourth-order valence-corrected chi connectivity index (χ4v) is 2.11. The Morgan fingerprint density at radius 2 is 1.89 bits per heavy atom. The summed E-state index contributed by atoms with van der Waals surface area (Å²) >= 11 is 0. The Morgan fingerprint density at radius 3 is 2.37 bits per heavy atom. The summed E-state index contributed by atoms with van der Waals surface area (Å²) in [5, 5.41) is 8.91. The highest BCUT2D eigenvalue weighted by molar-refractivity contribution is 5.68. The molecule has 0 aliphatic carbocycles. The molecule has 4 nitrogen and oxygen atoms in total. The Bertz CT molecular complexity index is 445. The summed E-state index contributed by atoms with van der Waals surface area (Å²) in [6.45, 7) is 1.94. The van der Waals surface area contributed by atoms with Crippen molar-refractivity contribution in [2.24, 2.45) is 0 Å². The van der Waals surface area contributed by atoms with Crippen molar-refractivity contribution in [3.8, 4) is 11.5 Å². The monoisotopic (exact) mass is 270 g/mol. The molecule has 0 bridgehead atoms. The second-order valence-electron chi connectivity index (χ2n) is 4.31. The van der Waals surface area contributed by atoms with E-state index in [9.17, 15) is 9.18 Å². The van der Waals surface area contributed by atoms with Crippen LogP contribution in [-0.2, 0) is 4.79 Å². The van der Waals surface area contributed by atoms with Gasteiger partial charge in [0.05, 0.1) is 20.6 Å². The number of halogens is 1. The first-order chi connectivity index (χ1) is 9.03. The first-order valence-electron chi connectivity index (χ1n) is 6.16. The van der Waals surface area contributed by atoms with E-state index in [2.05, 4.69) is 0 Å². The Labute approximate surface area is 112 Å². The van der Waals surface area contributed by atoms with Crippen LogP contribution in [-0.4, -0.2) is 25.3 Å². The highest BCUT2D eigenvalue weighted by atomic mass is 19.1. The molecule has 0 aliphatic rings. The number of hydrogen-bond donors (Lipinski definition) is 1. The van der Waals surface area contributed by atoms with Crippen LogP contribution in [0.3, 0.4) is 0 Å². The van der Waals surface area contributed by atoms with E-state index in [4.69, 9.17) is 14.6 Å². The number of carboxylic acid groups (broad SMARTS) is 1. The number of carbonyl (C=O) groups is 1. The van der Waals surface area contributed by atoms with E-state index in [-0.39, 0.29) is 12.3 Å². The van der Waals surface area contributed by atoms with Crippen LogP contribution in [0.2, 0.25) is 0 Å². The summed E-state index contributed by atoms with van der Waals surface area (Å²) in [6.07, 6.45) is 1.30. The molecular weight excluding hydrogens is 251 g/mol. The van der Waals surface area contributed by atoms with Gasteiger partial charge in [0.25, 0.3) is 0 Å². The van der Waals surface area contributed by atoms with Gasteiger partial charge in [-0.05, 0) is 24.0 Å². The molecule has 0 amide bonds. The van der Waals surface area contributed by atoms with Crippen LogP contribution < -0.4 is 9.47 Å². The number of ether oxygens (including phenoxy) is 2. The topological polar surface area (TPSA) is 55.8 Å². The van der Waals surface area contributed by atoms with Gasteiger partial charge in [0.1, 0.15) is 5.82 Å². The second-order valence-corrected chi connectivity index (χ2v) is 4.31. The lowest BCUT2D eigenvalue weighted by Gasteiger charge is -2.17. The average Bonchev–Trinajstić information content (AvgIpc) is 2.37. The van der Waals surface area contributed by atoms with Crippen molar-refractivity contribution < 1.29 is 23.8 Å². The Morgan fingerprint density at radius 1 is 1.32 bits per heavy atom. The van der Waals surface area contributed by atoms with Crippen LogP contribution in [0.1, 0.15) is 37.7 Å². The third-order valence-electron chi connectivity index (χ3n) is 3.00. The Hall–Kier alpha value is -1.78. The fourth-order valence-electron chi connectivity index (χ4n) is 2.11. The van der Waals surface area contributed by atoms with Gasteiger partial charge in [-0.15, -0.1) is 0 Å². The van der Waals surface area contributed by atoms with Gasteiger partial charge in [-0.1, -0.05) is 13.3 Å². The molecule has 1 N–H and O–H groups in total. The number of methoxy groups -OCH3 is 2. The van der Waals surface area contributed by atoms with Crippen molar-refractivity contribution in [3.05, 3.63) is 23.5 Å². The maximum Gasteiger partial charge on any atom is 0.303 e. The van der Waals surface area contributed by atoms with Crippen LogP contribution in [0.15, 0.2) is 12.1 Å². The van der Waals surface area contributed by atoms with Gasteiger partial charge in [-0.25, -0.2) is 4.39 Å². The maximum absolute atomic E-state index is 14.0. The average molecular weight is 270 g/mol. The summed E-state index contributed by atoms with van der Waals surface area (Å²) in [7, 11) is 2.89. The Balaban J connectivity index is 3.17. The lowest BCUT2D eigenvalue weighted by molar-refractivity contribution is -0.137. The molecule has 0 aromatic heterocycles. The fraction of sp³-hybridized carbons (Fsp3) is 0.500. The molecule has 0 saturated heterocycles. The Kier molecular flexibility index (Phi) is 5.60. The molecule has 0 saturated carbocycles. The number of benzene rings is 1. The van der Waals surface area contributed by atoms with E-state index in [1.54, 1.807) is 0 Å². The minimum atomic E-state index is -0.937. The SMILES string of the molecule is CCCC(CC(=O)O)c1cc(OC)c(OC)cc1F. The van der Waals surface area contributed by atoms with E-state index < -0.39 is 11.8 Å². The summed E-state index contributed by atoms with van der Waals surface area (Å²) in [5.74, 6) is -1.05. The quantitative estimate of drug-likeness (QED) is 0.826. The smallest absolute Gasteiger partial charge is 0.303 e. The summed E-state index contributed by atoms with van der Waals surface area (Å²) in [5.41, 5.74) is 0.363. The lowest BCUT2D eigenvalue weighted by Crippen LogP contribution is -2.09. The molecule has 1 unspecified atom stereocenters. The van der Waals surface area contributed by atoms with Gasteiger partial charge in [-0.3, -0.25) is 4.79 Å². The van der Waals surface area contributed by atoms with Crippen molar-refractivity contribution in [1.29, 1.82) is 0 Å². The molecule has 0 radical (unpaired) electrons. The van der Waals surface area contributed by atoms with Crippen molar-refractivity contribution in [2.45, 2.75) is 32.1 Å². The molecule has 1 rings (SSSR count). The summed E-state index contributed by atoms with van der Waals surface area (Å²) < 4.78 is 24.2. The van der Waals surface area contributed by atoms with Crippen molar-refractivity contribution in [2.75, 3.05) is 14.2 Å². The number of aliphatic carboxylic acids is 1. The van der Waals surface area contributed by atoms with Gasteiger partial charge in [0.15, 0.2) is 11.5 Å². The maximum atomic E-state index is 14.0. The summed E-state index contributed by atoms with van der Waals surface area (Å²) in [4.78, 5) is 10.9. The molecular formula is C14H19FO4. The van der Waals surface area contributed by atoms with Gasteiger partial charge in [0.2, 0.25) is 0 Å². The largest absolute Gasteiger partial charge is 0.493 e. The van der Waals surface area contributed by atoms with Gasteiger partial charge < -0.3 is 14.6 Å². The highest BCUT2D eigenvalue weighted by Gasteiger charge is 2.21. The predicted octanol–water partition coefficient (Wildman–Crippen LogP) is 3.20. The molecule has 1 atom stereocenters. The van der Waals surface area contributed by atoms with E-state index >= 15 is 0 Å². The molecule has 106 valence electrons. The third kappa shape index (κ3) is 3.84. The number of rotatable bonds is 7. The zero-order valence-corrected chi connectivity index (χ0v) is 11.4. The highest BCUT2D eigenvalue weighted by Crippen LogP contribution is 2.35. The number of carboxylic acids is 1. The van der Waals surface area contributed by atoms with Crippen molar-refractivity contribution in [3.63, 3.8) is 0 Å². The van der Waals surface area contributed by atoms with Gasteiger partial charge >= 0.3 is 5.97 Å². The lowest BCUT2D eigenvalue weighted by atomic mass is 9.90. The van der Waals surface area contributed by atoms with Crippen LogP contribution in [0, 0.1) is 5.82 Å². The standard InChI is InChI=1S/C14H19FO4/c1-4-5-9(6-14(16)17)10-7-12(18-2)13(19-3)8-11(10)15/h7-9H,4-6H2,1-3H3,(H,16,17). The van der Waals surface area contributed by atoms with E-state index in [1.165, 1.54) is 26.4 Å². The minimum Gasteiger partial charge on any atom is -0.493 e. The van der Waals surface area contributed by atoms with E-state index in [1.807, 2.05) is 6.92 Å². The first kappa shape index (κ1) is 15.3. The van der Waals surface area contributed by atoms with Gasteiger partial charge in [0, 0.05) is 6.07 Å². The molecule has 1 aromatic rings. The molecule has 1 aromatic carbocycles. The molecule has 0 heterocycles. The van der Waals surface area contributed by atoms with Crippen molar-refractivity contribution in [1.82, 2.24) is 0 Å². The van der Waals surface area contributed by atoms with Crippen LogP contribution in [0.25, 0.3) is 0 Å². The van der Waals surface area contributed by atoms with Gasteiger partial charge in [-0.2, -0.15) is 0 Å². The molecule has 0 aliphatic heterocycles. The first-order valence-corrected chi connectivity index (χ1v) is 6.16. The van der Waals surface area contributed by atoms with Crippen LogP contribution >= 0.6 is 0 Å². The molecule has 0 spiro atoms. The summed E-state index contributed by atoms with van der Waals surface area (Å²) in [6, 6.07) is 2.76.